The fourth-order valence-electron chi connectivity index (χ4n) is 3.11. The van der Waals surface area contributed by atoms with Gasteiger partial charge in [0, 0.05) is 23.8 Å². The van der Waals surface area contributed by atoms with Crippen LogP contribution in [0.5, 0.6) is 5.75 Å². The molecule has 0 saturated carbocycles. The van der Waals surface area contributed by atoms with E-state index in [0.29, 0.717) is 29.1 Å². The molecule has 3 aromatic carbocycles. The van der Waals surface area contributed by atoms with Crippen molar-refractivity contribution < 1.29 is 4.74 Å². The van der Waals surface area contributed by atoms with Gasteiger partial charge in [0.25, 0.3) is 0 Å². The van der Waals surface area contributed by atoms with E-state index in [1.54, 1.807) is 7.11 Å². The van der Waals surface area contributed by atoms with E-state index in [1.165, 1.54) is 11.1 Å². The molecular formula is C25H27ClN2OS. The molecule has 3 aromatic rings. The van der Waals surface area contributed by atoms with Crippen molar-refractivity contribution in [3.63, 3.8) is 0 Å². The topological polar surface area (TPSA) is 24.5 Å². The van der Waals surface area contributed by atoms with Crippen molar-refractivity contribution in [1.29, 1.82) is 0 Å². The summed E-state index contributed by atoms with van der Waals surface area (Å²) in [5, 5.41) is 4.70. The Balaban J connectivity index is 1.78. The van der Waals surface area contributed by atoms with Crippen LogP contribution in [0, 0.1) is 0 Å². The van der Waals surface area contributed by atoms with Gasteiger partial charge in [-0.2, -0.15) is 0 Å². The first-order valence-electron chi connectivity index (χ1n) is 9.98. The van der Waals surface area contributed by atoms with E-state index in [9.17, 15) is 0 Å². The lowest BCUT2D eigenvalue weighted by molar-refractivity contribution is 0.407. The van der Waals surface area contributed by atoms with E-state index in [4.69, 9.17) is 28.6 Å². The summed E-state index contributed by atoms with van der Waals surface area (Å²) in [4.78, 5) is 2.16. The van der Waals surface area contributed by atoms with Crippen molar-refractivity contribution in [2.45, 2.75) is 32.9 Å². The average molecular weight is 439 g/mol. The first kappa shape index (κ1) is 22.1. The fourth-order valence-corrected chi connectivity index (χ4v) is 3.49. The van der Waals surface area contributed by atoms with Gasteiger partial charge in [-0.3, -0.25) is 0 Å². The van der Waals surface area contributed by atoms with Crippen molar-refractivity contribution in [1.82, 2.24) is 4.90 Å². The quantitative estimate of drug-likeness (QED) is 0.406. The van der Waals surface area contributed by atoms with Gasteiger partial charge in [-0.25, -0.2) is 0 Å². The zero-order valence-electron chi connectivity index (χ0n) is 17.6. The van der Waals surface area contributed by atoms with Crippen molar-refractivity contribution in [3.8, 4) is 5.75 Å². The molecule has 0 spiro atoms. The molecule has 0 atom stereocenters. The number of halogens is 1. The number of rotatable bonds is 7. The van der Waals surface area contributed by atoms with Gasteiger partial charge in [0.05, 0.1) is 7.11 Å². The first-order valence-corrected chi connectivity index (χ1v) is 10.8. The molecule has 0 saturated heterocycles. The van der Waals surface area contributed by atoms with Gasteiger partial charge in [-0.1, -0.05) is 61.8 Å². The van der Waals surface area contributed by atoms with Crippen molar-refractivity contribution in [3.05, 3.63) is 94.5 Å². The van der Waals surface area contributed by atoms with E-state index in [1.807, 2.05) is 36.4 Å². The normalized spacial score (nSPS) is 10.7. The van der Waals surface area contributed by atoms with E-state index in [-0.39, 0.29) is 0 Å². The van der Waals surface area contributed by atoms with Crippen LogP contribution in [0.15, 0.2) is 72.8 Å². The molecule has 0 aliphatic rings. The minimum atomic E-state index is 0.516. The zero-order chi connectivity index (χ0) is 21.5. The number of nitrogens with zero attached hydrogens (tertiary/aromatic N) is 1. The predicted octanol–water partition coefficient (Wildman–Crippen LogP) is 6.87. The van der Waals surface area contributed by atoms with Gasteiger partial charge in [0.2, 0.25) is 0 Å². The summed E-state index contributed by atoms with van der Waals surface area (Å²) in [6, 6.07) is 24.4. The molecule has 1 N–H and O–H groups in total. The maximum atomic E-state index is 6.00. The van der Waals surface area contributed by atoms with Gasteiger partial charge in [-0.05, 0) is 71.2 Å². The molecule has 156 valence electrons. The summed E-state index contributed by atoms with van der Waals surface area (Å²) >= 11 is 11.8. The molecule has 3 rings (SSSR count). The number of nitrogens with one attached hydrogen (secondary N) is 1. The fraction of sp³-hybridized carbons (Fsp3) is 0.240. The minimum Gasteiger partial charge on any atom is -0.497 e. The second-order valence-corrected chi connectivity index (χ2v) is 8.36. The molecule has 0 amide bonds. The standard InChI is InChI=1S/C25H27ClN2OS/c1-18(2)21-8-4-19(5-9-21)16-28(17-20-6-14-24(29-3)15-7-20)25(30)27-23-12-10-22(26)11-13-23/h4-15,18H,16-17H2,1-3H3,(H,27,30). The van der Waals surface area contributed by atoms with Gasteiger partial charge in [0.15, 0.2) is 5.11 Å². The molecule has 0 bridgehead atoms. The average Bonchev–Trinajstić information content (AvgIpc) is 2.75. The Bertz CT molecular complexity index is 954. The van der Waals surface area contributed by atoms with Crippen molar-refractivity contribution >= 4 is 34.6 Å². The smallest absolute Gasteiger partial charge is 0.174 e. The van der Waals surface area contributed by atoms with Gasteiger partial charge >= 0.3 is 0 Å². The van der Waals surface area contributed by atoms with Crippen LogP contribution in [0.1, 0.15) is 36.5 Å². The van der Waals surface area contributed by atoms with Crippen LogP contribution < -0.4 is 10.1 Å². The van der Waals surface area contributed by atoms with E-state index in [0.717, 1.165) is 17.0 Å². The molecule has 30 heavy (non-hydrogen) atoms. The second-order valence-electron chi connectivity index (χ2n) is 7.54. The maximum absolute atomic E-state index is 6.00. The maximum Gasteiger partial charge on any atom is 0.174 e. The molecule has 0 aromatic heterocycles. The Morgan fingerprint density at radius 2 is 1.43 bits per heavy atom. The molecule has 0 heterocycles. The number of methoxy groups -OCH3 is 1. The van der Waals surface area contributed by atoms with Crippen LogP contribution in [0.25, 0.3) is 0 Å². The van der Waals surface area contributed by atoms with Crippen LogP contribution >= 0.6 is 23.8 Å². The van der Waals surface area contributed by atoms with Crippen LogP contribution in [-0.2, 0) is 13.1 Å². The second kappa shape index (κ2) is 10.5. The summed E-state index contributed by atoms with van der Waals surface area (Å²) in [6.45, 7) is 5.81. The zero-order valence-corrected chi connectivity index (χ0v) is 19.1. The number of ether oxygens (including phenoxy) is 1. The lowest BCUT2D eigenvalue weighted by Gasteiger charge is -2.26. The number of anilines is 1. The highest BCUT2D eigenvalue weighted by Crippen LogP contribution is 2.20. The summed E-state index contributed by atoms with van der Waals surface area (Å²) in [5.41, 5.74) is 4.63. The molecule has 0 aliphatic heterocycles. The van der Waals surface area contributed by atoms with Gasteiger partial charge in [-0.15, -0.1) is 0 Å². The summed E-state index contributed by atoms with van der Waals surface area (Å²) in [6.07, 6.45) is 0. The van der Waals surface area contributed by atoms with Crippen LogP contribution in [0.2, 0.25) is 5.02 Å². The minimum absolute atomic E-state index is 0.516. The van der Waals surface area contributed by atoms with Crippen LogP contribution in [0.4, 0.5) is 5.69 Å². The molecule has 0 fully saturated rings. The molecule has 0 aliphatic carbocycles. The Hall–Kier alpha value is -2.56. The van der Waals surface area contributed by atoms with Crippen molar-refractivity contribution in [2.75, 3.05) is 12.4 Å². The van der Waals surface area contributed by atoms with Crippen LogP contribution in [-0.4, -0.2) is 17.1 Å². The third kappa shape index (κ3) is 6.22. The number of hydrogen-bond acceptors (Lipinski definition) is 2. The summed E-state index contributed by atoms with van der Waals surface area (Å²) in [7, 11) is 1.67. The Kier molecular flexibility index (Phi) is 7.72. The number of benzene rings is 3. The third-order valence-electron chi connectivity index (χ3n) is 4.94. The molecule has 0 unspecified atom stereocenters. The van der Waals surface area contributed by atoms with E-state index < -0.39 is 0 Å². The Morgan fingerprint density at radius 1 is 0.900 bits per heavy atom. The largest absolute Gasteiger partial charge is 0.497 e. The number of thiocarbonyl (C=S) groups is 1. The SMILES string of the molecule is COc1ccc(CN(Cc2ccc(C(C)C)cc2)C(=S)Nc2ccc(Cl)cc2)cc1. The monoisotopic (exact) mass is 438 g/mol. The summed E-state index contributed by atoms with van der Waals surface area (Å²) in [5.74, 6) is 1.36. The highest BCUT2D eigenvalue weighted by Gasteiger charge is 2.13. The first-order chi connectivity index (χ1) is 14.4. The Labute approximate surface area is 189 Å². The van der Waals surface area contributed by atoms with Crippen LogP contribution in [0.3, 0.4) is 0 Å². The lowest BCUT2D eigenvalue weighted by Crippen LogP contribution is -2.33. The summed E-state index contributed by atoms with van der Waals surface area (Å²) < 4.78 is 5.27. The third-order valence-corrected chi connectivity index (χ3v) is 5.55. The predicted molar refractivity (Wildman–Crippen MR) is 130 cm³/mol. The highest BCUT2D eigenvalue weighted by atomic mass is 35.5. The molecule has 3 nitrogen and oxygen atoms in total. The Morgan fingerprint density at radius 3 is 1.93 bits per heavy atom. The molecule has 5 heteroatoms. The van der Waals surface area contributed by atoms with E-state index >= 15 is 0 Å². The van der Waals surface area contributed by atoms with E-state index in [2.05, 4.69) is 60.5 Å². The highest BCUT2D eigenvalue weighted by molar-refractivity contribution is 7.80. The van der Waals surface area contributed by atoms with Gasteiger partial charge in [0.1, 0.15) is 5.75 Å². The molecule has 0 radical (unpaired) electrons. The number of hydrogen-bond donors (Lipinski definition) is 1. The molecular weight excluding hydrogens is 412 g/mol. The van der Waals surface area contributed by atoms with Gasteiger partial charge < -0.3 is 15.0 Å². The lowest BCUT2D eigenvalue weighted by atomic mass is 10.0. The van der Waals surface area contributed by atoms with Crippen molar-refractivity contribution in [2.24, 2.45) is 0 Å².